The number of benzene rings is 1. The van der Waals surface area contributed by atoms with E-state index < -0.39 is 0 Å². The standard InChI is InChI=1S/C14H18N2O2S/c1-14(2)16(10-17)12(9-19-14)13(18)15-8-11-6-4-3-5-7-11/h3-7,10,12H,8-9H2,1-2H3,(H,15,18)/t12-/m0/s1. The molecule has 1 fully saturated rings. The summed E-state index contributed by atoms with van der Waals surface area (Å²) in [6, 6.07) is 9.37. The van der Waals surface area contributed by atoms with Gasteiger partial charge in [-0.15, -0.1) is 11.8 Å². The summed E-state index contributed by atoms with van der Waals surface area (Å²) in [6.07, 6.45) is 0.771. The van der Waals surface area contributed by atoms with Crippen LogP contribution in [0.25, 0.3) is 0 Å². The Hall–Kier alpha value is -1.49. The molecule has 0 bridgehead atoms. The van der Waals surface area contributed by atoms with E-state index in [1.807, 2.05) is 44.2 Å². The van der Waals surface area contributed by atoms with Gasteiger partial charge in [0.15, 0.2) is 0 Å². The Morgan fingerprint density at radius 2 is 2.16 bits per heavy atom. The number of nitrogens with one attached hydrogen (secondary N) is 1. The predicted octanol–water partition coefficient (Wildman–Crippen LogP) is 1.61. The average Bonchev–Trinajstić information content (AvgIpc) is 2.72. The monoisotopic (exact) mass is 278 g/mol. The van der Waals surface area contributed by atoms with Gasteiger partial charge < -0.3 is 10.2 Å². The molecular weight excluding hydrogens is 260 g/mol. The number of carbonyl (C=O) groups excluding carboxylic acids is 2. The van der Waals surface area contributed by atoms with Crippen LogP contribution in [0, 0.1) is 0 Å². The van der Waals surface area contributed by atoms with Crippen LogP contribution in [0.3, 0.4) is 0 Å². The third-order valence-corrected chi connectivity index (χ3v) is 4.68. The number of hydrogen-bond donors (Lipinski definition) is 1. The summed E-state index contributed by atoms with van der Waals surface area (Å²) in [4.78, 5) is 24.6. The number of thioether (sulfide) groups is 1. The van der Waals surface area contributed by atoms with Crippen LogP contribution in [0.15, 0.2) is 30.3 Å². The zero-order valence-electron chi connectivity index (χ0n) is 11.1. The van der Waals surface area contributed by atoms with Gasteiger partial charge in [0.05, 0.1) is 4.87 Å². The molecule has 0 radical (unpaired) electrons. The van der Waals surface area contributed by atoms with Crippen molar-refractivity contribution in [2.45, 2.75) is 31.3 Å². The minimum Gasteiger partial charge on any atom is -0.350 e. The van der Waals surface area contributed by atoms with Gasteiger partial charge in [-0.05, 0) is 19.4 Å². The van der Waals surface area contributed by atoms with Crippen molar-refractivity contribution < 1.29 is 9.59 Å². The van der Waals surface area contributed by atoms with Gasteiger partial charge in [0, 0.05) is 12.3 Å². The van der Waals surface area contributed by atoms with Crippen LogP contribution < -0.4 is 5.32 Å². The minimum atomic E-state index is -0.374. The summed E-state index contributed by atoms with van der Waals surface area (Å²) in [5.74, 6) is 0.556. The van der Waals surface area contributed by atoms with Crippen molar-refractivity contribution in [1.82, 2.24) is 10.2 Å². The van der Waals surface area contributed by atoms with Crippen LogP contribution in [0.4, 0.5) is 0 Å². The third kappa shape index (κ3) is 3.10. The molecule has 0 unspecified atom stereocenters. The van der Waals surface area contributed by atoms with Crippen molar-refractivity contribution in [2.75, 3.05) is 5.75 Å². The van der Waals surface area contributed by atoms with E-state index in [1.54, 1.807) is 16.7 Å². The molecule has 1 aliphatic rings. The maximum atomic E-state index is 12.2. The van der Waals surface area contributed by atoms with Crippen LogP contribution >= 0.6 is 11.8 Å². The molecular formula is C14H18N2O2S. The molecule has 1 heterocycles. The summed E-state index contributed by atoms with van der Waals surface area (Å²) in [5.41, 5.74) is 1.05. The van der Waals surface area contributed by atoms with Crippen molar-refractivity contribution in [3.8, 4) is 0 Å². The third-order valence-electron chi connectivity index (χ3n) is 3.28. The molecule has 0 saturated carbocycles. The molecule has 1 saturated heterocycles. The average molecular weight is 278 g/mol. The number of nitrogens with zero attached hydrogens (tertiary/aromatic N) is 1. The first-order chi connectivity index (χ1) is 9.04. The van der Waals surface area contributed by atoms with Gasteiger partial charge in [-0.3, -0.25) is 9.59 Å². The minimum absolute atomic E-state index is 0.0889. The van der Waals surface area contributed by atoms with Gasteiger partial charge >= 0.3 is 0 Å². The topological polar surface area (TPSA) is 49.4 Å². The highest BCUT2D eigenvalue weighted by Gasteiger charge is 2.42. The first-order valence-corrected chi connectivity index (χ1v) is 7.22. The smallest absolute Gasteiger partial charge is 0.243 e. The lowest BCUT2D eigenvalue weighted by Gasteiger charge is -2.30. The summed E-state index contributed by atoms with van der Waals surface area (Å²) in [5, 5.41) is 2.89. The lowest BCUT2D eigenvalue weighted by Crippen LogP contribution is -2.49. The van der Waals surface area contributed by atoms with Crippen LogP contribution in [0.2, 0.25) is 0 Å². The summed E-state index contributed by atoms with van der Waals surface area (Å²) in [7, 11) is 0. The fourth-order valence-electron chi connectivity index (χ4n) is 2.12. The maximum absolute atomic E-state index is 12.2. The summed E-state index contributed by atoms with van der Waals surface area (Å²) in [6.45, 7) is 4.40. The molecule has 5 heteroatoms. The quantitative estimate of drug-likeness (QED) is 0.851. The zero-order chi connectivity index (χ0) is 13.9. The number of carbonyl (C=O) groups is 2. The second-order valence-corrected chi connectivity index (χ2v) is 6.61. The van der Waals surface area contributed by atoms with E-state index in [0.29, 0.717) is 12.3 Å². The first kappa shape index (κ1) is 13.9. The highest BCUT2D eigenvalue weighted by Crippen LogP contribution is 2.37. The second kappa shape index (κ2) is 5.65. The predicted molar refractivity (Wildman–Crippen MR) is 76.5 cm³/mol. The molecule has 1 N–H and O–H groups in total. The van der Waals surface area contributed by atoms with E-state index in [9.17, 15) is 9.59 Å². The molecule has 4 nitrogen and oxygen atoms in total. The molecule has 2 amide bonds. The molecule has 19 heavy (non-hydrogen) atoms. The molecule has 0 spiro atoms. The Morgan fingerprint density at radius 1 is 1.47 bits per heavy atom. The van der Waals surface area contributed by atoms with E-state index in [1.165, 1.54) is 0 Å². The van der Waals surface area contributed by atoms with E-state index >= 15 is 0 Å². The van der Waals surface area contributed by atoms with E-state index in [-0.39, 0.29) is 16.8 Å². The normalized spacial score (nSPS) is 21.2. The maximum Gasteiger partial charge on any atom is 0.243 e. The lowest BCUT2D eigenvalue weighted by molar-refractivity contribution is -0.133. The van der Waals surface area contributed by atoms with Gasteiger partial charge in [-0.25, -0.2) is 0 Å². The first-order valence-electron chi connectivity index (χ1n) is 6.24. The van der Waals surface area contributed by atoms with Gasteiger partial charge in [-0.1, -0.05) is 30.3 Å². The van der Waals surface area contributed by atoms with Crippen molar-refractivity contribution in [3.63, 3.8) is 0 Å². The van der Waals surface area contributed by atoms with Gasteiger partial charge in [0.1, 0.15) is 6.04 Å². The van der Waals surface area contributed by atoms with Crippen LogP contribution in [-0.4, -0.2) is 33.9 Å². The Balaban J connectivity index is 1.95. The highest BCUT2D eigenvalue weighted by atomic mass is 32.2. The summed E-state index contributed by atoms with van der Waals surface area (Å²) < 4.78 is 0. The highest BCUT2D eigenvalue weighted by molar-refractivity contribution is 8.00. The van der Waals surface area contributed by atoms with E-state index in [2.05, 4.69) is 5.32 Å². The molecule has 0 aromatic heterocycles. The molecule has 102 valence electrons. The molecule has 2 rings (SSSR count). The Kier molecular flexibility index (Phi) is 4.14. The Labute approximate surface area is 117 Å². The second-order valence-electron chi connectivity index (χ2n) is 4.99. The number of rotatable bonds is 4. The van der Waals surface area contributed by atoms with Gasteiger partial charge in [0.25, 0.3) is 0 Å². The van der Waals surface area contributed by atoms with Crippen LogP contribution in [-0.2, 0) is 16.1 Å². The molecule has 1 aliphatic heterocycles. The molecule has 1 aromatic rings. The van der Waals surface area contributed by atoms with E-state index in [4.69, 9.17) is 0 Å². The van der Waals surface area contributed by atoms with Crippen molar-refractivity contribution in [2.24, 2.45) is 0 Å². The fourth-order valence-corrected chi connectivity index (χ4v) is 3.32. The van der Waals surface area contributed by atoms with E-state index in [0.717, 1.165) is 12.0 Å². The SMILES string of the molecule is CC1(C)SC[C@@H](C(=O)NCc2ccccc2)N1C=O. The number of hydrogen-bond acceptors (Lipinski definition) is 3. The Morgan fingerprint density at radius 3 is 2.79 bits per heavy atom. The lowest BCUT2D eigenvalue weighted by atomic mass is 10.2. The van der Waals surface area contributed by atoms with Crippen LogP contribution in [0.1, 0.15) is 19.4 Å². The fraction of sp³-hybridized carbons (Fsp3) is 0.429. The summed E-state index contributed by atoms with van der Waals surface area (Å²) >= 11 is 1.62. The molecule has 1 atom stereocenters. The van der Waals surface area contributed by atoms with Crippen LogP contribution in [0.5, 0.6) is 0 Å². The van der Waals surface area contributed by atoms with Crippen molar-refractivity contribution in [3.05, 3.63) is 35.9 Å². The van der Waals surface area contributed by atoms with Crippen molar-refractivity contribution in [1.29, 1.82) is 0 Å². The van der Waals surface area contributed by atoms with Gasteiger partial charge in [-0.2, -0.15) is 0 Å². The molecule has 1 aromatic carbocycles. The van der Waals surface area contributed by atoms with Gasteiger partial charge in [0.2, 0.25) is 12.3 Å². The largest absolute Gasteiger partial charge is 0.350 e. The number of amides is 2. The zero-order valence-corrected chi connectivity index (χ0v) is 11.9. The molecule has 0 aliphatic carbocycles. The van der Waals surface area contributed by atoms with Crippen molar-refractivity contribution >= 4 is 24.1 Å². The Bertz CT molecular complexity index is 462.